The number of hydrogen-bond acceptors (Lipinski definition) is 8. The smallest absolute Gasteiger partial charge is 0.338 e. The van der Waals surface area contributed by atoms with Crippen molar-refractivity contribution in [1.82, 2.24) is 4.57 Å². The highest BCUT2D eigenvalue weighted by Crippen LogP contribution is 2.32. The lowest BCUT2D eigenvalue weighted by Crippen LogP contribution is -2.39. The van der Waals surface area contributed by atoms with Crippen molar-refractivity contribution in [2.75, 3.05) is 13.2 Å². The molecule has 1 aromatic heterocycles. The fraction of sp³-hybridized carbons (Fsp3) is 0.212. The Balaban J connectivity index is 1.49. The summed E-state index contributed by atoms with van der Waals surface area (Å²) in [6.07, 6.45) is 1.80. The average molecular weight is 659 g/mol. The minimum Gasteiger partial charge on any atom is -0.494 e. The molecular weight excluding hydrogens is 630 g/mol. The Hall–Kier alpha value is -4.46. The van der Waals surface area contributed by atoms with Gasteiger partial charge >= 0.3 is 5.97 Å². The van der Waals surface area contributed by atoms with Gasteiger partial charge in [-0.05, 0) is 95.9 Å². The third-order valence-corrected chi connectivity index (χ3v) is 8.36. The van der Waals surface area contributed by atoms with E-state index in [1.165, 1.54) is 11.3 Å². The number of benzene rings is 3. The molecule has 4 aromatic rings. The van der Waals surface area contributed by atoms with Gasteiger partial charge in [-0.25, -0.2) is 9.79 Å². The molecule has 1 atom stereocenters. The Morgan fingerprint density at radius 1 is 1.07 bits per heavy atom. The molecule has 0 aliphatic carbocycles. The Morgan fingerprint density at radius 2 is 1.81 bits per heavy atom. The first-order valence-corrected chi connectivity index (χ1v) is 15.3. The second-order valence-electron chi connectivity index (χ2n) is 9.59. The Kier molecular flexibility index (Phi) is 9.24. The van der Waals surface area contributed by atoms with Gasteiger partial charge < -0.3 is 14.2 Å². The van der Waals surface area contributed by atoms with E-state index in [0.717, 1.165) is 21.2 Å². The first-order valence-electron chi connectivity index (χ1n) is 13.7. The molecule has 0 N–H and O–H groups in total. The first kappa shape index (κ1) is 30.0. The molecule has 10 heteroatoms. The Labute approximate surface area is 260 Å². The maximum Gasteiger partial charge on any atom is 0.338 e. The highest BCUT2D eigenvalue weighted by Gasteiger charge is 2.33. The SMILES string of the molecule is CCOC(=O)C1=C(C)N=c2s/c(=C\c3ccc(OCc4ccc(C#N)cc4)c(Br)c3)c(=O)n2[C@H]1c1ccc(OCC)cc1. The maximum absolute atomic E-state index is 13.9. The first-order chi connectivity index (χ1) is 20.8. The standard InChI is InChI=1S/C33H28BrN3O5S/c1-4-40-25-13-11-24(12-14-25)30-29(32(39)41-5-2)20(3)36-33-37(30)31(38)28(43-33)17-23-10-15-27(26(34)16-23)42-19-22-8-6-21(18-35)7-9-22/h6-17,30H,4-5,19H2,1-3H3/b28-17-/t30-/m0/s1. The lowest BCUT2D eigenvalue weighted by Gasteiger charge is -2.24. The normalized spacial score (nSPS) is 14.5. The van der Waals surface area contributed by atoms with Crippen LogP contribution in [-0.4, -0.2) is 23.8 Å². The van der Waals surface area contributed by atoms with E-state index < -0.39 is 12.0 Å². The van der Waals surface area contributed by atoms with Gasteiger partial charge in [-0.15, -0.1) is 0 Å². The van der Waals surface area contributed by atoms with Crippen molar-refractivity contribution in [2.24, 2.45) is 4.99 Å². The fourth-order valence-electron chi connectivity index (χ4n) is 4.73. The van der Waals surface area contributed by atoms with Gasteiger partial charge in [0.2, 0.25) is 0 Å². The largest absolute Gasteiger partial charge is 0.494 e. The van der Waals surface area contributed by atoms with Crippen molar-refractivity contribution in [3.8, 4) is 17.6 Å². The summed E-state index contributed by atoms with van der Waals surface area (Å²) in [4.78, 5) is 32.1. The molecule has 3 aromatic carbocycles. The molecule has 0 saturated heterocycles. The summed E-state index contributed by atoms with van der Waals surface area (Å²) in [5, 5.41) is 8.98. The van der Waals surface area contributed by atoms with Gasteiger partial charge in [0.1, 0.15) is 18.1 Å². The van der Waals surface area contributed by atoms with Crippen LogP contribution in [0.15, 0.2) is 92.3 Å². The summed E-state index contributed by atoms with van der Waals surface area (Å²) in [5.41, 5.74) is 3.66. The van der Waals surface area contributed by atoms with E-state index in [1.807, 2.05) is 61.5 Å². The molecule has 43 heavy (non-hydrogen) atoms. The molecule has 0 bridgehead atoms. The molecule has 0 amide bonds. The van der Waals surface area contributed by atoms with Crippen LogP contribution >= 0.6 is 27.3 Å². The summed E-state index contributed by atoms with van der Waals surface area (Å²) in [7, 11) is 0. The van der Waals surface area contributed by atoms with Gasteiger partial charge in [0.25, 0.3) is 5.56 Å². The topological polar surface area (TPSA) is 103 Å². The van der Waals surface area contributed by atoms with Gasteiger partial charge in [-0.2, -0.15) is 5.26 Å². The number of halogens is 1. The second kappa shape index (κ2) is 13.2. The molecule has 2 heterocycles. The van der Waals surface area contributed by atoms with E-state index in [0.29, 0.717) is 50.9 Å². The van der Waals surface area contributed by atoms with E-state index in [2.05, 4.69) is 27.0 Å². The number of fused-ring (bicyclic) bond motifs is 1. The number of carbonyl (C=O) groups excluding carboxylic acids is 1. The van der Waals surface area contributed by atoms with Crippen LogP contribution in [0.3, 0.4) is 0 Å². The van der Waals surface area contributed by atoms with Gasteiger partial charge in [-0.1, -0.05) is 41.7 Å². The Bertz CT molecular complexity index is 1920. The molecule has 218 valence electrons. The zero-order valence-electron chi connectivity index (χ0n) is 23.8. The summed E-state index contributed by atoms with van der Waals surface area (Å²) >= 11 is 4.85. The molecule has 0 saturated carbocycles. The fourth-order valence-corrected chi connectivity index (χ4v) is 6.29. The minimum atomic E-state index is -0.696. The molecule has 5 rings (SSSR count). The quantitative estimate of drug-likeness (QED) is 0.223. The van der Waals surface area contributed by atoms with Crippen molar-refractivity contribution in [2.45, 2.75) is 33.4 Å². The highest BCUT2D eigenvalue weighted by molar-refractivity contribution is 9.10. The van der Waals surface area contributed by atoms with Crippen molar-refractivity contribution in [1.29, 1.82) is 5.26 Å². The average Bonchev–Trinajstić information content (AvgIpc) is 3.30. The van der Waals surface area contributed by atoms with Crippen molar-refractivity contribution in [3.05, 3.63) is 124 Å². The van der Waals surface area contributed by atoms with Crippen LogP contribution < -0.4 is 24.4 Å². The predicted octanol–water partition coefficient (Wildman–Crippen LogP) is 5.41. The summed E-state index contributed by atoms with van der Waals surface area (Å²) in [6, 6.07) is 21.6. The third-order valence-electron chi connectivity index (χ3n) is 6.75. The van der Waals surface area contributed by atoms with E-state index >= 15 is 0 Å². The van der Waals surface area contributed by atoms with Crippen molar-refractivity contribution < 1.29 is 19.0 Å². The molecule has 1 aliphatic heterocycles. The van der Waals surface area contributed by atoms with Crippen LogP contribution in [-0.2, 0) is 16.1 Å². The van der Waals surface area contributed by atoms with Crippen LogP contribution in [0, 0.1) is 11.3 Å². The number of rotatable bonds is 9. The van der Waals surface area contributed by atoms with Gasteiger partial charge in [0.05, 0.1) is 51.2 Å². The second-order valence-corrected chi connectivity index (χ2v) is 11.5. The van der Waals surface area contributed by atoms with E-state index in [4.69, 9.17) is 19.5 Å². The predicted molar refractivity (Wildman–Crippen MR) is 168 cm³/mol. The minimum absolute atomic E-state index is 0.206. The maximum atomic E-state index is 13.9. The van der Waals surface area contributed by atoms with E-state index in [1.54, 1.807) is 36.6 Å². The molecule has 8 nitrogen and oxygen atoms in total. The summed E-state index contributed by atoms with van der Waals surface area (Å²) in [5.74, 6) is 0.845. The van der Waals surface area contributed by atoms with Crippen LogP contribution in [0.25, 0.3) is 6.08 Å². The van der Waals surface area contributed by atoms with E-state index in [9.17, 15) is 9.59 Å². The zero-order chi connectivity index (χ0) is 30.5. The number of allylic oxidation sites excluding steroid dienone is 1. The molecule has 0 fully saturated rings. The van der Waals surface area contributed by atoms with Gasteiger partial charge in [0, 0.05) is 0 Å². The zero-order valence-corrected chi connectivity index (χ0v) is 26.2. The monoisotopic (exact) mass is 657 g/mol. The van der Waals surface area contributed by atoms with Crippen LogP contribution in [0.2, 0.25) is 0 Å². The van der Waals surface area contributed by atoms with Crippen molar-refractivity contribution >= 4 is 39.3 Å². The number of nitrogens with zero attached hydrogens (tertiary/aromatic N) is 3. The number of nitriles is 1. The number of ether oxygens (including phenoxy) is 3. The number of carbonyl (C=O) groups is 1. The highest BCUT2D eigenvalue weighted by atomic mass is 79.9. The molecule has 0 radical (unpaired) electrons. The van der Waals surface area contributed by atoms with Gasteiger partial charge in [0.15, 0.2) is 4.80 Å². The van der Waals surface area contributed by atoms with Crippen LogP contribution in [0.5, 0.6) is 11.5 Å². The summed E-state index contributed by atoms with van der Waals surface area (Å²) < 4.78 is 19.7. The lowest BCUT2D eigenvalue weighted by molar-refractivity contribution is -0.139. The third kappa shape index (κ3) is 6.48. The van der Waals surface area contributed by atoms with E-state index in [-0.39, 0.29) is 12.2 Å². The van der Waals surface area contributed by atoms with Crippen LogP contribution in [0.4, 0.5) is 0 Å². The number of hydrogen-bond donors (Lipinski definition) is 0. The molecule has 1 aliphatic rings. The number of aromatic nitrogens is 1. The summed E-state index contributed by atoms with van der Waals surface area (Å²) in [6.45, 7) is 6.50. The van der Waals surface area contributed by atoms with Crippen LogP contribution in [0.1, 0.15) is 49.1 Å². The number of esters is 1. The molecular formula is C33H28BrN3O5S. The van der Waals surface area contributed by atoms with Gasteiger partial charge in [-0.3, -0.25) is 9.36 Å². The number of thiazole rings is 1. The molecule has 0 spiro atoms. The Morgan fingerprint density at radius 3 is 2.47 bits per heavy atom. The molecule has 0 unspecified atom stereocenters. The lowest BCUT2D eigenvalue weighted by atomic mass is 9.96. The van der Waals surface area contributed by atoms with Crippen molar-refractivity contribution in [3.63, 3.8) is 0 Å².